The molecule has 2 N–H and O–H groups in total. The Kier molecular flexibility index (Phi) is 18.3. The maximum Gasteiger partial charge on any atom is 1.00 e. The number of nitrogens with zero attached hydrogens (tertiary/aromatic N) is 1. The number of hydrogen-bond acceptors (Lipinski definition) is 3. The van der Waals surface area contributed by atoms with E-state index in [9.17, 15) is 0 Å². The second kappa shape index (κ2) is 13.6. The van der Waals surface area contributed by atoms with E-state index in [2.05, 4.69) is 12.2 Å². The van der Waals surface area contributed by atoms with Crippen molar-refractivity contribution in [1.82, 2.24) is 0 Å². The average Bonchev–Trinajstić information content (AvgIpc) is 2.30. The van der Waals surface area contributed by atoms with Crippen molar-refractivity contribution in [1.29, 1.82) is 0 Å². The Hall–Kier alpha value is -0.360. The number of hydrogen-bond donors (Lipinski definition) is 2. The third kappa shape index (κ3) is 16.3. The molecule has 0 saturated heterocycles. The molecule has 0 radical (unpaired) electrons. The summed E-state index contributed by atoms with van der Waals surface area (Å²) in [5, 5.41) is 22.4. The largest absolute Gasteiger partial charge is 1.00 e. The molecular formula is C9H18AgNO4. The van der Waals surface area contributed by atoms with Crippen LogP contribution in [0.3, 0.4) is 0 Å². The first-order valence-electron chi connectivity index (χ1n) is 4.26. The van der Waals surface area contributed by atoms with E-state index in [1.165, 1.54) is 12.8 Å². The second-order valence-corrected chi connectivity index (χ2v) is 2.91. The zero-order chi connectivity index (χ0) is 10.1. The van der Waals surface area contributed by atoms with Crippen LogP contribution < -0.4 is 0 Å². The minimum Gasteiger partial charge on any atom is -0.396 e. The minimum absolute atomic E-state index is 0. The van der Waals surface area contributed by atoms with Gasteiger partial charge in [0.1, 0.15) is 0 Å². The predicted octanol–water partition coefficient (Wildman–Crippen LogP) is 1.83. The molecule has 15 heavy (non-hydrogen) atoms. The number of rotatable bonds is 1. The maximum absolute atomic E-state index is 8.79. The number of aliphatic hydroxyl groups is 1. The van der Waals surface area contributed by atoms with Crippen LogP contribution >= 0.6 is 0 Å². The summed E-state index contributed by atoms with van der Waals surface area (Å²) in [7, 11) is 0. The normalized spacial score (nSPS) is 14.7. The third-order valence-electron chi connectivity index (χ3n) is 1.91. The molecule has 0 fully saturated rings. The molecule has 6 heteroatoms. The molecular weight excluding hydrogens is 294 g/mol. The van der Waals surface area contributed by atoms with E-state index in [1.54, 1.807) is 0 Å². The Morgan fingerprint density at radius 2 is 1.67 bits per heavy atom. The van der Waals surface area contributed by atoms with Gasteiger partial charge in [-0.3, -0.25) is 0 Å². The number of allylic oxidation sites excluding steroid dienone is 2. The van der Waals surface area contributed by atoms with Crippen LogP contribution in [0.1, 0.15) is 25.7 Å². The van der Waals surface area contributed by atoms with Crippen LogP contribution in [-0.2, 0) is 22.4 Å². The molecule has 5 nitrogen and oxygen atoms in total. The fraction of sp³-hybridized carbons (Fsp3) is 0.667. The van der Waals surface area contributed by atoms with Crippen LogP contribution in [0.25, 0.3) is 0 Å². The van der Waals surface area contributed by atoms with Crippen molar-refractivity contribution in [3.63, 3.8) is 0 Å². The maximum atomic E-state index is 8.79. The molecule has 1 aliphatic rings. The Bertz CT molecular complexity index is 161. The summed E-state index contributed by atoms with van der Waals surface area (Å²) in [5.41, 5.74) is 0. The first-order chi connectivity index (χ1) is 6.16. The number of aliphatic hydroxyl groups excluding tert-OH is 1. The standard InChI is InChI=1S/C8H14O.CH3.Ag.HNO3/c9-7-8-5-3-1-2-4-6-8;;;2-1(3)4/h1-2,8-9H,3-7H2;1H3;;(H,2,3,4)/q;-1;+1;. The molecule has 0 spiro atoms. The quantitative estimate of drug-likeness (QED) is 0.254. The third-order valence-corrected chi connectivity index (χ3v) is 1.91. The zero-order valence-corrected chi connectivity index (χ0v) is 10.2. The molecule has 0 aliphatic heterocycles. The van der Waals surface area contributed by atoms with Gasteiger partial charge in [-0.1, -0.05) is 12.2 Å². The summed E-state index contributed by atoms with van der Waals surface area (Å²) >= 11 is 0. The SMILES string of the molecule is O=[N+]([O-])O.OCC1CCC=CCC1.[Ag+].[CH3-]. The first kappa shape index (κ1) is 20.1. The molecule has 0 heterocycles. The molecule has 1 rings (SSSR count). The van der Waals surface area contributed by atoms with Crippen LogP contribution in [0.2, 0.25) is 0 Å². The topological polar surface area (TPSA) is 83.6 Å². The fourth-order valence-corrected chi connectivity index (χ4v) is 1.23. The van der Waals surface area contributed by atoms with Gasteiger partial charge in [0, 0.05) is 6.61 Å². The van der Waals surface area contributed by atoms with Crippen LogP contribution in [0.5, 0.6) is 0 Å². The molecule has 94 valence electrons. The summed E-state index contributed by atoms with van der Waals surface area (Å²) in [5.74, 6) is 0.569. The van der Waals surface area contributed by atoms with E-state index in [0.717, 1.165) is 12.8 Å². The first-order valence-corrected chi connectivity index (χ1v) is 4.26. The molecule has 0 aromatic rings. The summed E-state index contributed by atoms with van der Waals surface area (Å²) in [4.78, 5) is 8.36. The smallest absolute Gasteiger partial charge is 0.396 e. The summed E-state index contributed by atoms with van der Waals surface area (Å²) in [6, 6.07) is 0. The Morgan fingerprint density at radius 3 is 1.93 bits per heavy atom. The van der Waals surface area contributed by atoms with Gasteiger partial charge in [0.25, 0.3) is 5.09 Å². The van der Waals surface area contributed by atoms with Gasteiger partial charge in [0.15, 0.2) is 0 Å². The minimum atomic E-state index is -1.50. The fourth-order valence-electron chi connectivity index (χ4n) is 1.23. The molecule has 0 aromatic carbocycles. The van der Waals surface area contributed by atoms with Crippen molar-refractivity contribution < 1.29 is 37.8 Å². The molecule has 0 amide bonds. The monoisotopic (exact) mass is 311 g/mol. The Balaban J connectivity index is -0.000000213. The van der Waals surface area contributed by atoms with E-state index < -0.39 is 5.09 Å². The van der Waals surface area contributed by atoms with Crippen molar-refractivity contribution in [2.45, 2.75) is 25.7 Å². The van der Waals surface area contributed by atoms with Gasteiger partial charge in [0.05, 0.1) is 0 Å². The van der Waals surface area contributed by atoms with Crippen LogP contribution in [0, 0.1) is 23.5 Å². The molecule has 0 aromatic heterocycles. The van der Waals surface area contributed by atoms with E-state index in [1.807, 2.05) is 0 Å². The molecule has 0 unspecified atom stereocenters. The van der Waals surface area contributed by atoms with Gasteiger partial charge >= 0.3 is 22.4 Å². The van der Waals surface area contributed by atoms with Crippen molar-refractivity contribution in [2.24, 2.45) is 5.92 Å². The van der Waals surface area contributed by atoms with E-state index in [-0.39, 0.29) is 29.8 Å². The van der Waals surface area contributed by atoms with Crippen molar-refractivity contribution in [2.75, 3.05) is 6.61 Å². The van der Waals surface area contributed by atoms with E-state index >= 15 is 0 Å². The molecule has 0 atom stereocenters. The second-order valence-electron chi connectivity index (χ2n) is 2.91. The van der Waals surface area contributed by atoms with Crippen LogP contribution in [0.4, 0.5) is 0 Å². The predicted molar refractivity (Wildman–Crippen MR) is 53.4 cm³/mol. The van der Waals surface area contributed by atoms with Crippen LogP contribution in [0.15, 0.2) is 12.2 Å². The zero-order valence-electron chi connectivity index (χ0n) is 8.73. The van der Waals surface area contributed by atoms with Gasteiger partial charge in [-0.25, -0.2) is 0 Å². The molecule has 0 saturated carbocycles. The Morgan fingerprint density at radius 1 is 1.33 bits per heavy atom. The summed E-state index contributed by atoms with van der Waals surface area (Å²) in [6.07, 6.45) is 9.10. The molecule has 0 bridgehead atoms. The summed E-state index contributed by atoms with van der Waals surface area (Å²) < 4.78 is 0. The van der Waals surface area contributed by atoms with Crippen molar-refractivity contribution in [3.05, 3.63) is 29.7 Å². The van der Waals surface area contributed by atoms with E-state index in [0.29, 0.717) is 12.5 Å². The summed E-state index contributed by atoms with van der Waals surface area (Å²) in [6.45, 7) is 0.377. The van der Waals surface area contributed by atoms with Gasteiger partial charge in [-0.2, -0.15) is 0 Å². The van der Waals surface area contributed by atoms with Crippen LogP contribution in [-0.4, -0.2) is 22.0 Å². The van der Waals surface area contributed by atoms with E-state index in [4.69, 9.17) is 20.4 Å². The van der Waals surface area contributed by atoms with Crippen molar-refractivity contribution >= 4 is 0 Å². The van der Waals surface area contributed by atoms with Gasteiger partial charge in [-0.05, 0) is 31.6 Å². The van der Waals surface area contributed by atoms with Gasteiger partial charge < -0.3 is 17.7 Å². The average molecular weight is 312 g/mol. The molecule has 1 aliphatic carbocycles. The Labute approximate surface area is 106 Å². The van der Waals surface area contributed by atoms with Gasteiger partial charge in [-0.15, -0.1) is 10.1 Å². The van der Waals surface area contributed by atoms with Gasteiger partial charge in [0.2, 0.25) is 0 Å². The van der Waals surface area contributed by atoms with Crippen molar-refractivity contribution in [3.8, 4) is 0 Å².